The van der Waals surface area contributed by atoms with Crippen molar-refractivity contribution in [3.63, 3.8) is 0 Å². The average Bonchev–Trinajstić information content (AvgIpc) is 2.98. The first-order valence-corrected chi connectivity index (χ1v) is 6.47. The Morgan fingerprint density at radius 3 is 2.12 bits per heavy atom. The van der Waals surface area contributed by atoms with E-state index in [2.05, 4.69) is 0 Å². The lowest BCUT2D eigenvalue weighted by Gasteiger charge is -2.12. The lowest BCUT2D eigenvalue weighted by Crippen LogP contribution is -2.22. The number of hydrogen-bond donors (Lipinski definition) is 0. The molecule has 1 heterocycles. The van der Waals surface area contributed by atoms with Crippen molar-refractivity contribution in [2.45, 2.75) is 17.4 Å². The van der Waals surface area contributed by atoms with E-state index in [1.165, 1.54) is 18.4 Å². The summed E-state index contributed by atoms with van der Waals surface area (Å²) in [6.07, 6.45) is 0. The maximum absolute atomic E-state index is 11.8. The third kappa shape index (κ3) is 1.86. The molecule has 0 radical (unpaired) electrons. The van der Waals surface area contributed by atoms with Gasteiger partial charge in [0.15, 0.2) is 0 Å². The van der Waals surface area contributed by atoms with Crippen LogP contribution in [0.15, 0.2) is 29.2 Å². The molecule has 16 heavy (non-hydrogen) atoms. The van der Waals surface area contributed by atoms with E-state index >= 15 is 0 Å². The van der Waals surface area contributed by atoms with Crippen LogP contribution in [0.3, 0.4) is 0 Å². The second kappa shape index (κ2) is 3.55. The molecule has 1 aromatic carbocycles. The van der Waals surface area contributed by atoms with Crippen LogP contribution in [0.25, 0.3) is 0 Å². The minimum atomic E-state index is -3.33. The zero-order chi connectivity index (χ0) is 12.0. The molecular formula is C11H15NO3S. The summed E-state index contributed by atoms with van der Waals surface area (Å²) in [5.74, 6) is 0. The number of ether oxygens (including phenoxy) is 1. The highest BCUT2D eigenvalue weighted by Gasteiger charge is 2.41. The van der Waals surface area contributed by atoms with Gasteiger partial charge in [0.1, 0.15) is 5.60 Å². The molecule has 0 aliphatic carbocycles. The Hall–Kier alpha value is -0.910. The Kier molecular flexibility index (Phi) is 2.57. The van der Waals surface area contributed by atoms with Gasteiger partial charge in [0, 0.05) is 14.1 Å². The fourth-order valence-corrected chi connectivity index (χ4v) is 2.37. The van der Waals surface area contributed by atoms with E-state index in [0.29, 0.717) is 11.5 Å². The van der Waals surface area contributed by atoms with Gasteiger partial charge in [-0.05, 0) is 24.6 Å². The third-order valence-corrected chi connectivity index (χ3v) is 4.65. The quantitative estimate of drug-likeness (QED) is 0.747. The van der Waals surface area contributed by atoms with Gasteiger partial charge in [-0.25, -0.2) is 12.7 Å². The molecule has 1 aliphatic heterocycles. The first kappa shape index (κ1) is 11.6. The predicted octanol–water partition coefficient (Wildman–Crippen LogP) is 1.18. The van der Waals surface area contributed by atoms with E-state index in [1.54, 1.807) is 12.1 Å². The Bertz CT molecular complexity index is 486. The molecule has 0 aromatic heterocycles. The number of rotatable bonds is 3. The van der Waals surface area contributed by atoms with Crippen molar-refractivity contribution < 1.29 is 13.2 Å². The van der Waals surface area contributed by atoms with Crippen LogP contribution in [0.2, 0.25) is 0 Å². The summed E-state index contributed by atoms with van der Waals surface area (Å²) >= 11 is 0. The Morgan fingerprint density at radius 1 is 1.25 bits per heavy atom. The van der Waals surface area contributed by atoms with Gasteiger partial charge in [0.2, 0.25) is 10.0 Å². The molecule has 1 saturated heterocycles. The van der Waals surface area contributed by atoms with Crippen molar-refractivity contribution >= 4 is 10.0 Å². The van der Waals surface area contributed by atoms with Crippen molar-refractivity contribution in [2.24, 2.45) is 0 Å². The van der Waals surface area contributed by atoms with Gasteiger partial charge in [-0.3, -0.25) is 0 Å². The maximum Gasteiger partial charge on any atom is 0.242 e. The molecule has 0 spiro atoms. The van der Waals surface area contributed by atoms with Crippen molar-refractivity contribution in [1.29, 1.82) is 0 Å². The lowest BCUT2D eigenvalue weighted by molar-refractivity contribution is 0.329. The van der Waals surface area contributed by atoms with Gasteiger partial charge in [-0.15, -0.1) is 0 Å². The first-order chi connectivity index (χ1) is 7.36. The molecule has 1 unspecified atom stereocenters. The molecular weight excluding hydrogens is 226 g/mol. The molecule has 1 fully saturated rings. The fraction of sp³-hybridized carbons (Fsp3) is 0.455. The highest BCUT2D eigenvalue weighted by molar-refractivity contribution is 7.89. The maximum atomic E-state index is 11.8. The van der Waals surface area contributed by atoms with E-state index in [-0.39, 0.29) is 5.60 Å². The minimum Gasteiger partial charge on any atom is -0.365 e. The van der Waals surface area contributed by atoms with Crippen LogP contribution in [-0.2, 0) is 20.4 Å². The third-order valence-electron chi connectivity index (χ3n) is 2.82. The topological polar surface area (TPSA) is 49.9 Å². The zero-order valence-corrected chi connectivity index (χ0v) is 10.4. The highest BCUT2D eigenvalue weighted by atomic mass is 32.2. The second-order valence-corrected chi connectivity index (χ2v) is 6.48. The molecule has 0 bridgehead atoms. The van der Waals surface area contributed by atoms with Crippen molar-refractivity contribution in [3.05, 3.63) is 29.8 Å². The summed E-state index contributed by atoms with van der Waals surface area (Å²) in [7, 11) is -0.281. The summed E-state index contributed by atoms with van der Waals surface area (Å²) in [4.78, 5) is 0.311. The number of epoxide rings is 1. The number of hydrogen-bond acceptors (Lipinski definition) is 3. The predicted molar refractivity (Wildman–Crippen MR) is 60.6 cm³/mol. The molecule has 1 atom stereocenters. The van der Waals surface area contributed by atoms with Crippen LogP contribution in [-0.4, -0.2) is 33.4 Å². The standard InChI is InChI=1S/C11H15NO3S/c1-11(8-15-11)9-4-6-10(7-5-9)16(13,14)12(2)3/h4-7H,8H2,1-3H3. The van der Waals surface area contributed by atoms with Crippen LogP contribution in [0, 0.1) is 0 Å². The SMILES string of the molecule is CN(C)S(=O)(=O)c1ccc(C2(C)CO2)cc1. The molecule has 0 amide bonds. The fourth-order valence-electron chi connectivity index (χ4n) is 1.47. The van der Waals surface area contributed by atoms with E-state index in [4.69, 9.17) is 4.74 Å². The lowest BCUT2D eigenvalue weighted by atomic mass is 10.0. The van der Waals surface area contributed by atoms with Crippen LogP contribution in [0.4, 0.5) is 0 Å². The van der Waals surface area contributed by atoms with Crippen LogP contribution in [0.1, 0.15) is 12.5 Å². The normalized spacial score (nSPS) is 24.8. The van der Waals surface area contributed by atoms with Gasteiger partial charge < -0.3 is 4.74 Å². The summed E-state index contributed by atoms with van der Waals surface area (Å²) in [5, 5.41) is 0. The van der Waals surface area contributed by atoms with Gasteiger partial charge in [-0.1, -0.05) is 12.1 Å². The molecule has 1 aromatic rings. The molecule has 5 heteroatoms. The Labute approximate surface area is 95.9 Å². The van der Waals surface area contributed by atoms with Crippen LogP contribution in [0.5, 0.6) is 0 Å². The monoisotopic (exact) mass is 241 g/mol. The first-order valence-electron chi connectivity index (χ1n) is 5.03. The molecule has 0 saturated carbocycles. The molecule has 4 nitrogen and oxygen atoms in total. The smallest absolute Gasteiger partial charge is 0.242 e. The number of benzene rings is 1. The Morgan fingerprint density at radius 2 is 1.75 bits per heavy atom. The van der Waals surface area contributed by atoms with Crippen molar-refractivity contribution in [3.8, 4) is 0 Å². The van der Waals surface area contributed by atoms with E-state index in [1.807, 2.05) is 19.1 Å². The molecule has 1 aliphatic rings. The average molecular weight is 241 g/mol. The van der Waals surface area contributed by atoms with E-state index < -0.39 is 10.0 Å². The van der Waals surface area contributed by atoms with E-state index in [0.717, 1.165) is 5.56 Å². The van der Waals surface area contributed by atoms with Crippen LogP contribution >= 0.6 is 0 Å². The van der Waals surface area contributed by atoms with Crippen molar-refractivity contribution in [1.82, 2.24) is 4.31 Å². The van der Waals surface area contributed by atoms with Gasteiger partial charge in [-0.2, -0.15) is 0 Å². The van der Waals surface area contributed by atoms with Gasteiger partial charge >= 0.3 is 0 Å². The van der Waals surface area contributed by atoms with Crippen LogP contribution < -0.4 is 0 Å². The van der Waals surface area contributed by atoms with Gasteiger partial charge in [0.05, 0.1) is 11.5 Å². The van der Waals surface area contributed by atoms with Crippen molar-refractivity contribution in [2.75, 3.05) is 20.7 Å². The van der Waals surface area contributed by atoms with Gasteiger partial charge in [0.25, 0.3) is 0 Å². The largest absolute Gasteiger partial charge is 0.365 e. The summed E-state index contributed by atoms with van der Waals surface area (Å²) in [5.41, 5.74) is 0.811. The second-order valence-electron chi connectivity index (χ2n) is 4.33. The summed E-state index contributed by atoms with van der Waals surface area (Å²) < 4.78 is 30.1. The Balaban J connectivity index is 2.33. The molecule has 0 N–H and O–H groups in total. The summed E-state index contributed by atoms with van der Waals surface area (Å²) in [6, 6.07) is 6.86. The minimum absolute atomic E-state index is 0.208. The molecule has 88 valence electrons. The zero-order valence-electron chi connectivity index (χ0n) is 9.60. The number of sulfonamides is 1. The highest BCUT2D eigenvalue weighted by Crippen LogP contribution is 2.38. The number of nitrogens with zero attached hydrogens (tertiary/aromatic N) is 1. The molecule has 2 rings (SSSR count). The van der Waals surface area contributed by atoms with E-state index in [9.17, 15) is 8.42 Å². The summed E-state index contributed by atoms with van der Waals surface area (Å²) in [6.45, 7) is 2.69.